The molecule has 0 aliphatic rings. The molecule has 0 heterocycles. The summed E-state index contributed by atoms with van der Waals surface area (Å²) in [5.74, 6) is 0. The van der Waals surface area contributed by atoms with Crippen molar-refractivity contribution in [3.8, 4) is 0 Å². The Labute approximate surface area is 116 Å². The van der Waals surface area contributed by atoms with Gasteiger partial charge >= 0.3 is 23.1 Å². The molecule has 0 spiro atoms. The molecule has 0 aromatic heterocycles. The Balaban J connectivity index is -0.000000218. The van der Waals surface area contributed by atoms with E-state index < -0.39 is 30.2 Å². The van der Waals surface area contributed by atoms with E-state index in [4.69, 9.17) is 0 Å². The maximum absolute atomic E-state index is 9.85. The molecule has 0 aliphatic carbocycles. The van der Waals surface area contributed by atoms with Crippen LogP contribution < -0.4 is 22.9 Å². The van der Waals surface area contributed by atoms with E-state index in [1.165, 1.54) is 0 Å². The first-order chi connectivity index (χ1) is 6.50. The summed E-state index contributed by atoms with van der Waals surface area (Å²) in [5.41, 5.74) is 18.8. The smallest absolute Gasteiger partial charge is 0.745 e. The fraction of sp³-hybridized carbons (Fsp3) is 1.00. The van der Waals surface area contributed by atoms with Gasteiger partial charge in [0.25, 0.3) is 0 Å². The van der Waals surface area contributed by atoms with Crippen LogP contribution in [0.3, 0.4) is 0 Å². The molecular weight excluding hydrogens is 289 g/mol. The van der Waals surface area contributed by atoms with Crippen LogP contribution in [-0.2, 0) is 20.2 Å². The predicted molar refractivity (Wildman–Crippen MR) is 58.7 cm³/mol. The first-order valence-electron chi connectivity index (χ1n) is 3.56. The van der Waals surface area contributed by atoms with E-state index in [0.29, 0.717) is 0 Å². The van der Waals surface area contributed by atoms with Crippen molar-refractivity contribution in [1.82, 2.24) is 0 Å². The van der Waals surface area contributed by atoms with Gasteiger partial charge in [-0.1, -0.05) is 0 Å². The number of hydrogen-bond donors (Lipinski definition) is 4. The molecule has 17 heavy (non-hydrogen) atoms. The van der Waals surface area contributed by atoms with Crippen molar-refractivity contribution in [2.45, 2.75) is 23.8 Å². The predicted octanol–water partition coefficient (Wildman–Crippen LogP) is -4.14. The Hall–Kier alpha value is 0.426. The van der Waals surface area contributed by atoms with E-state index in [1.54, 1.807) is 0 Å². The van der Waals surface area contributed by atoms with Crippen LogP contribution in [0.1, 0.15) is 13.8 Å². The molecule has 0 fully saturated rings. The maximum atomic E-state index is 9.85. The first kappa shape index (κ1) is 22.6. The summed E-state index contributed by atoms with van der Waals surface area (Å²) in [5, 5.41) is 0. The van der Waals surface area contributed by atoms with E-state index in [1.807, 2.05) is 0 Å². The van der Waals surface area contributed by atoms with Gasteiger partial charge in [-0.05, 0) is 13.8 Å². The minimum Gasteiger partial charge on any atom is -0.745 e. The van der Waals surface area contributed by atoms with Crippen LogP contribution in [0.2, 0.25) is 0 Å². The molecule has 10 nitrogen and oxygen atoms in total. The normalized spacial score (nSPS) is 13.2. The molecule has 0 saturated heterocycles. The summed E-state index contributed by atoms with van der Waals surface area (Å²) in [7, 11) is -9.07. The van der Waals surface area contributed by atoms with E-state index in [0.717, 1.165) is 13.8 Å². The van der Waals surface area contributed by atoms with Gasteiger partial charge in [-0.2, -0.15) is 0 Å². The zero-order valence-corrected chi connectivity index (χ0v) is 12.3. The van der Waals surface area contributed by atoms with Crippen LogP contribution in [-0.4, -0.2) is 59.0 Å². The number of rotatable bonds is 2. The van der Waals surface area contributed by atoms with E-state index in [2.05, 4.69) is 22.9 Å². The Morgan fingerprint density at radius 3 is 0.824 bits per heavy atom. The van der Waals surface area contributed by atoms with E-state index in [-0.39, 0.29) is 23.1 Å². The van der Waals surface area contributed by atoms with Crippen molar-refractivity contribution < 1.29 is 25.9 Å². The fourth-order valence-corrected chi connectivity index (χ4v) is 0. The molecule has 8 N–H and O–H groups in total. The summed E-state index contributed by atoms with van der Waals surface area (Å²) < 4.78 is 59.1. The van der Waals surface area contributed by atoms with E-state index >= 15 is 0 Å². The summed E-state index contributed by atoms with van der Waals surface area (Å²) in [6, 6.07) is 0. The quantitative estimate of drug-likeness (QED) is 0.219. The van der Waals surface area contributed by atoms with Gasteiger partial charge < -0.3 is 32.0 Å². The van der Waals surface area contributed by atoms with Crippen molar-refractivity contribution in [2.75, 3.05) is 0 Å². The third-order valence-corrected chi connectivity index (χ3v) is 3.23. The van der Waals surface area contributed by atoms with Crippen molar-refractivity contribution in [3.05, 3.63) is 0 Å². The summed E-state index contributed by atoms with van der Waals surface area (Å²) in [6.45, 7) is 1.85. The fourth-order valence-electron chi connectivity index (χ4n) is 0. The SMILES string of the molecule is CC(N)(N)S(=O)(=O)[O-].CC(N)(N)S(=O)(=O)[O-].[Mg+2]. The van der Waals surface area contributed by atoms with Crippen LogP contribution in [0.15, 0.2) is 0 Å². The Bertz CT molecular complexity index is 376. The molecule has 0 amide bonds. The zero-order valence-electron chi connectivity index (χ0n) is 9.28. The van der Waals surface area contributed by atoms with Gasteiger partial charge in [-0.25, -0.2) is 16.8 Å². The van der Waals surface area contributed by atoms with Gasteiger partial charge in [-0.3, -0.25) is 0 Å². The van der Waals surface area contributed by atoms with Crippen LogP contribution in [0.25, 0.3) is 0 Å². The Kier molecular flexibility index (Phi) is 8.71. The van der Waals surface area contributed by atoms with Gasteiger partial charge in [-0.15, -0.1) is 0 Å². The molecule has 0 bridgehead atoms. The zero-order chi connectivity index (χ0) is 14.0. The topological polar surface area (TPSA) is 218 Å². The number of hydrogen-bond acceptors (Lipinski definition) is 10. The third kappa shape index (κ3) is 10.1. The molecule has 100 valence electrons. The minimum absolute atomic E-state index is 0. The second-order valence-electron chi connectivity index (χ2n) is 3.28. The van der Waals surface area contributed by atoms with Gasteiger partial charge in [0.2, 0.25) is 0 Å². The second kappa shape index (κ2) is 6.55. The van der Waals surface area contributed by atoms with Gasteiger partial charge in [0.15, 0.2) is 9.99 Å². The molecule has 0 aromatic carbocycles. The van der Waals surface area contributed by atoms with E-state index in [9.17, 15) is 25.9 Å². The molecule has 0 atom stereocenters. The molecule has 0 rings (SSSR count). The average Bonchev–Trinajstić information content (AvgIpc) is 1.77. The molecule has 0 unspecified atom stereocenters. The average molecular weight is 303 g/mol. The first-order valence-corrected chi connectivity index (χ1v) is 6.38. The molecule has 13 heteroatoms. The molecule has 0 aromatic rings. The van der Waals surface area contributed by atoms with Gasteiger partial charge in [0.1, 0.15) is 20.2 Å². The Morgan fingerprint density at radius 1 is 0.765 bits per heavy atom. The van der Waals surface area contributed by atoms with Crippen molar-refractivity contribution >= 4 is 43.3 Å². The van der Waals surface area contributed by atoms with Gasteiger partial charge in [0, 0.05) is 0 Å². The molecule has 0 radical (unpaired) electrons. The summed E-state index contributed by atoms with van der Waals surface area (Å²) >= 11 is 0. The summed E-state index contributed by atoms with van der Waals surface area (Å²) in [4.78, 5) is -4.29. The van der Waals surface area contributed by atoms with Crippen LogP contribution in [0.4, 0.5) is 0 Å². The molecular formula is C4H14MgN4O6S2. The Morgan fingerprint density at radius 2 is 0.824 bits per heavy atom. The largest absolute Gasteiger partial charge is 2.00 e. The van der Waals surface area contributed by atoms with Crippen LogP contribution in [0, 0.1) is 0 Å². The standard InChI is InChI=1S/2C2H8N2O3S.Mg/c2*1-2(3,4)8(5,6)7;/h2*3-4H2,1H3,(H,5,6,7);/q;;+2/p-2. The molecule has 0 saturated carbocycles. The van der Waals surface area contributed by atoms with Gasteiger partial charge in [0.05, 0.1) is 0 Å². The number of nitrogens with two attached hydrogens (primary N) is 4. The maximum Gasteiger partial charge on any atom is 2.00 e. The summed E-state index contributed by atoms with van der Waals surface area (Å²) in [6.07, 6.45) is 0. The van der Waals surface area contributed by atoms with Crippen LogP contribution >= 0.6 is 0 Å². The minimum atomic E-state index is -4.53. The van der Waals surface area contributed by atoms with Crippen molar-refractivity contribution in [3.63, 3.8) is 0 Å². The third-order valence-electron chi connectivity index (χ3n) is 1.08. The van der Waals surface area contributed by atoms with Crippen molar-refractivity contribution in [1.29, 1.82) is 0 Å². The monoisotopic (exact) mass is 302 g/mol. The van der Waals surface area contributed by atoms with Crippen LogP contribution in [0.5, 0.6) is 0 Å². The second-order valence-corrected chi connectivity index (χ2v) is 6.85. The molecule has 0 aliphatic heterocycles. The van der Waals surface area contributed by atoms with Crippen molar-refractivity contribution in [2.24, 2.45) is 22.9 Å².